The summed E-state index contributed by atoms with van der Waals surface area (Å²) in [6, 6.07) is 23.6. The Morgan fingerprint density at radius 2 is 1.67 bits per heavy atom. The van der Waals surface area contributed by atoms with Gasteiger partial charge in [-0.05, 0) is 60.7 Å². The smallest absolute Gasteiger partial charge is 0.339 e. The third-order valence-electron chi connectivity index (χ3n) is 6.65. The van der Waals surface area contributed by atoms with E-state index in [2.05, 4.69) is 15.0 Å². The van der Waals surface area contributed by atoms with Gasteiger partial charge in [0.05, 0.1) is 23.4 Å². The fourth-order valence-electron chi connectivity index (χ4n) is 4.56. The molecule has 0 atom stereocenters. The molecule has 6 rings (SSSR count). The second-order valence-electron chi connectivity index (χ2n) is 9.51. The molecule has 0 aliphatic carbocycles. The number of ether oxygens (including phenoxy) is 1. The highest BCUT2D eigenvalue weighted by molar-refractivity contribution is 6.03. The van der Waals surface area contributed by atoms with Crippen LogP contribution in [0.2, 0.25) is 0 Å². The quantitative estimate of drug-likeness (QED) is 0.289. The molecule has 0 radical (unpaired) electrons. The Bertz CT molecular complexity index is 1990. The molecule has 2 N–H and O–H groups in total. The van der Waals surface area contributed by atoms with Crippen LogP contribution in [0.4, 0.5) is 11.5 Å². The van der Waals surface area contributed by atoms with E-state index in [0.717, 1.165) is 0 Å². The molecule has 0 unspecified atom stereocenters. The van der Waals surface area contributed by atoms with E-state index in [1.54, 1.807) is 72.5 Å². The van der Waals surface area contributed by atoms with E-state index in [1.165, 1.54) is 26.4 Å². The van der Waals surface area contributed by atoms with Crippen molar-refractivity contribution in [3.63, 3.8) is 0 Å². The van der Waals surface area contributed by atoms with E-state index in [0.29, 0.717) is 45.4 Å². The molecule has 0 saturated carbocycles. The zero-order chi connectivity index (χ0) is 29.2. The van der Waals surface area contributed by atoms with Crippen LogP contribution in [0.1, 0.15) is 5.69 Å². The van der Waals surface area contributed by atoms with Crippen molar-refractivity contribution in [2.75, 3.05) is 17.7 Å². The first-order valence-electron chi connectivity index (χ1n) is 13.0. The van der Waals surface area contributed by atoms with Crippen LogP contribution in [0.5, 0.6) is 11.5 Å². The van der Waals surface area contributed by atoms with Crippen LogP contribution in [0.25, 0.3) is 28.6 Å². The van der Waals surface area contributed by atoms with Gasteiger partial charge in [-0.15, -0.1) is 0 Å². The number of nitrogens with two attached hydrogens (primary N) is 1. The fourth-order valence-corrected chi connectivity index (χ4v) is 4.56. The first kappa shape index (κ1) is 26.3. The summed E-state index contributed by atoms with van der Waals surface area (Å²) in [5, 5.41) is 0. The summed E-state index contributed by atoms with van der Waals surface area (Å²) in [6.45, 7) is 0. The molecule has 208 valence electrons. The summed E-state index contributed by atoms with van der Waals surface area (Å²) < 4.78 is 10.6. The Hall–Kier alpha value is -5.97. The number of benzene rings is 3. The van der Waals surface area contributed by atoms with Gasteiger partial charge in [-0.25, -0.2) is 24.3 Å². The van der Waals surface area contributed by atoms with Gasteiger partial charge in [0, 0.05) is 32.1 Å². The lowest BCUT2D eigenvalue weighted by molar-refractivity contribution is -0.113. The monoisotopic (exact) mass is 558 g/mol. The Morgan fingerprint density at radius 1 is 0.905 bits per heavy atom. The molecule has 0 aliphatic rings. The summed E-state index contributed by atoms with van der Waals surface area (Å²) in [4.78, 5) is 41.1. The van der Waals surface area contributed by atoms with Crippen molar-refractivity contribution in [1.82, 2.24) is 28.7 Å². The van der Waals surface area contributed by atoms with E-state index in [1.807, 2.05) is 43.6 Å². The molecule has 11 nitrogen and oxygen atoms in total. The number of fused-ring (bicyclic) bond motifs is 1. The van der Waals surface area contributed by atoms with E-state index in [9.17, 15) is 9.59 Å². The van der Waals surface area contributed by atoms with Crippen molar-refractivity contribution in [3.8, 4) is 22.9 Å². The average Bonchev–Trinajstić information content (AvgIpc) is 3.56. The van der Waals surface area contributed by atoms with Gasteiger partial charge in [-0.2, -0.15) is 0 Å². The van der Waals surface area contributed by atoms with Gasteiger partial charge >= 0.3 is 5.69 Å². The second-order valence-corrected chi connectivity index (χ2v) is 9.51. The van der Waals surface area contributed by atoms with Crippen molar-refractivity contribution in [2.45, 2.75) is 0 Å². The Labute approximate surface area is 240 Å². The number of anilines is 2. The molecular weight excluding hydrogens is 532 g/mol. The summed E-state index contributed by atoms with van der Waals surface area (Å²) in [7, 11) is 3.52. The molecule has 0 spiro atoms. The minimum Gasteiger partial charge on any atom is -0.457 e. The summed E-state index contributed by atoms with van der Waals surface area (Å²) in [5.74, 6) is 1.22. The Balaban J connectivity index is 1.36. The highest BCUT2D eigenvalue weighted by atomic mass is 16.5. The highest BCUT2D eigenvalue weighted by Crippen LogP contribution is 2.27. The first-order chi connectivity index (χ1) is 20.4. The standard InChI is InChI=1S/C31H26N8O3/c1-36-18-21(35-20-36)11-16-27(40)37(2)23-7-6-8-24(17-23)39-30-28(29(32)33-19-34-30)38(31(39)41)22-12-14-26(15-13-22)42-25-9-4-3-5-10-25/h3-20H,1-2H3,(H2,32,33,34). The van der Waals surface area contributed by atoms with E-state index < -0.39 is 5.69 Å². The van der Waals surface area contributed by atoms with Gasteiger partial charge in [-0.3, -0.25) is 9.36 Å². The predicted molar refractivity (Wildman–Crippen MR) is 161 cm³/mol. The lowest BCUT2D eigenvalue weighted by Gasteiger charge is -2.16. The summed E-state index contributed by atoms with van der Waals surface area (Å²) >= 11 is 0. The van der Waals surface area contributed by atoms with Crippen molar-refractivity contribution >= 4 is 34.7 Å². The first-order valence-corrected chi connectivity index (χ1v) is 13.0. The van der Waals surface area contributed by atoms with Crippen molar-refractivity contribution in [2.24, 2.45) is 7.05 Å². The van der Waals surface area contributed by atoms with Gasteiger partial charge < -0.3 is 19.9 Å². The van der Waals surface area contributed by atoms with E-state index in [-0.39, 0.29) is 11.7 Å². The Morgan fingerprint density at radius 3 is 2.40 bits per heavy atom. The lowest BCUT2D eigenvalue weighted by atomic mass is 10.2. The molecular formula is C31H26N8O3. The SMILES string of the molecule is CN(C(=O)C=Cc1cn(C)cn1)c1cccc(-n2c(=O)n(-c3ccc(Oc4ccccc4)cc3)c3c(N)ncnc32)c1. The lowest BCUT2D eigenvalue weighted by Crippen LogP contribution is -2.25. The van der Waals surface area contributed by atoms with E-state index >= 15 is 0 Å². The van der Waals surface area contributed by atoms with Crippen LogP contribution in [0.3, 0.4) is 0 Å². The van der Waals surface area contributed by atoms with Crippen molar-refractivity contribution < 1.29 is 9.53 Å². The summed E-state index contributed by atoms with van der Waals surface area (Å²) in [5.41, 5.74) is 8.91. The Kier molecular flexibility index (Phi) is 6.81. The van der Waals surface area contributed by atoms with Crippen molar-refractivity contribution in [3.05, 3.63) is 120 Å². The molecule has 0 bridgehead atoms. The summed E-state index contributed by atoms with van der Waals surface area (Å²) in [6.07, 6.45) is 7.89. The predicted octanol–water partition coefficient (Wildman–Crippen LogP) is 4.36. The van der Waals surface area contributed by atoms with Crippen LogP contribution in [-0.4, -0.2) is 41.6 Å². The molecule has 6 aromatic rings. The molecule has 0 fully saturated rings. The van der Waals surface area contributed by atoms with Gasteiger partial charge in [-0.1, -0.05) is 24.3 Å². The number of hydrogen-bond acceptors (Lipinski definition) is 7. The maximum atomic E-state index is 14.0. The fraction of sp³-hybridized carbons (Fsp3) is 0.0645. The average molecular weight is 559 g/mol. The van der Waals surface area contributed by atoms with Gasteiger partial charge in [0.1, 0.15) is 23.3 Å². The van der Waals surface area contributed by atoms with Crippen molar-refractivity contribution in [1.29, 1.82) is 0 Å². The molecule has 3 aromatic heterocycles. The minimum atomic E-state index is -0.393. The normalized spacial score (nSPS) is 11.3. The van der Waals surface area contributed by atoms with Gasteiger partial charge in [0.2, 0.25) is 0 Å². The maximum Gasteiger partial charge on any atom is 0.339 e. The van der Waals surface area contributed by atoms with Crippen LogP contribution in [-0.2, 0) is 11.8 Å². The number of carbonyl (C=O) groups is 1. The van der Waals surface area contributed by atoms with Gasteiger partial charge in [0.15, 0.2) is 11.5 Å². The molecule has 0 saturated heterocycles. The number of nitrogen functional groups attached to an aromatic ring is 1. The van der Waals surface area contributed by atoms with Crippen LogP contribution >= 0.6 is 0 Å². The topological polar surface area (TPSA) is 126 Å². The number of nitrogens with zero attached hydrogens (tertiary/aromatic N) is 7. The molecule has 11 heteroatoms. The van der Waals surface area contributed by atoms with E-state index in [4.69, 9.17) is 10.5 Å². The number of likely N-dealkylation sites (N-methyl/N-ethyl adjacent to an activating group) is 1. The molecule has 3 aromatic carbocycles. The molecule has 42 heavy (non-hydrogen) atoms. The largest absolute Gasteiger partial charge is 0.457 e. The third-order valence-corrected chi connectivity index (χ3v) is 6.65. The number of aryl methyl sites for hydroxylation is 1. The number of hydrogen-bond donors (Lipinski definition) is 1. The molecule has 1 amide bonds. The number of rotatable bonds is 7. The number of amides is 1. The van der Waals surface area contributed by atoms with Crippen LogP contribution < -0.4 is 21.1 Å². The highest BCUT2D eigenvalue weighted by Gasteiger charge is 2.21. The third kappa shape index (κ3) is 5.02. The zero-order valence-electron chi connectivity index (χ0n) is 22.8. The number of aromatic nitrogens is 6. The zero-order valence-corrected chi connectivity index (χ0v) is 22.8. The number of para-hydroxylation sites is 1. The minimum absolute atomic E-state index is 0.156. The van der Waals surface area contributed by atoms with Gasteiger partial charge in [0.25, 0.3) is 5.91 Å². The number of imidazole rings is 2. The van der Waals surface area contributed by atoms with Crippen LogP contribution in [0, 0.1) is 0 Å². The number of carbonyl (C=O) groups excluding carboxylic acids is 1. The molecule has 0 aliphatic heterocycles. The maximum absolute atomic E-state index is 14.0. The van der Waals surface area contributed by atoms with Crippen LogP contribution in [0.15, 0.2) is 109 Å². The molecule has 3 heterocycles. The second kappa shape index (κ2) is 10.9.